The predicted octanol–water partition coefficient (Wildman–Crippen LogP) is 7.15. The molecule has 8 nitrogen and oxygen atoms in total. The van der Waals surface area contributed by atoms with E-state index in [4.69, 9.17) is 14.5 Å². The number of aliphatic carboxylic acids is 1. The number of carboxylic acid groups (broad SMARTS) is 1. The molecule has 1 heterocycles. The second-order valence-electron chi connectivity index (χ2n) is 9.52. The van der Waals surface area contributed by atoms with Gasteiger partial charge in [-0.25, -0.2) is 9.78 Å². The molecule has 0 radical (unpaired) electrons. The van der Waals surface area contributed by atoms with E-state index in [2.05, 4.69) is 50.8 Å². The number of nitrogens with zero attached hydrogens (tertiary/aromatic N) is 3. The average molecular weight is 671 g/mol. The number of para-hydroxylation sites is 1. The van der Waals surface area contributed by atoms with Gasteiger partial charge in [-0.15, -0.1) is 0 Å². The summed E-state index contributed by atoms with van der Waals surface area (Å²) in [6, 6.07) is 14.7. The number of carbonyl (C=O) groups is 1. The lowest BCUT2D eigenvalue weighted by Crippen LogP contribution is -2.23. The summed E-state index contributed by atoms with van der Waals surface area (Å²) < 4.78 is 13.8. The number of hydrogen-bond acceptors (Lipinski definition) is 6. The summed E-state index contributed by atoms with van der Waals surface area (Å²) in [4.78, 5) is 29.8. The molecule has 0 amide bonds. The van der Waals surface area contributed by atoms with Crippen LogP contribution >= 0.6 is 31.9 Å². The van der Waals surface area contributed by atoms with Crippen molar-refractivity contribution < 1.29 is 19.4 Å². The van der Waals surface area contributed by atoms with Crippen LogP contribution in [0, 0.1) is 6.92 Å². The fraction of sp³-hybridized carbons (Fsp3) is 0.267. The monoisotopic (exact) mass is 669 g/mol. The van der Waals surface area contributed by atoms with Crippen LogP contribution in [0.2, 0.25) is 0 Å². The van der Waals surface area contributed by atoms with Crippen LogP contribution in [0.4, 0.5) is 0 Å². The highest BCUT2D eigenvalue weighted by molar-refractivity contribution is 9.11. The molecule has 208 valence electrons. The SMILES string of the molecule is CCOc1cc(C)c(-c2nc3ccccc3c(=O)n2N=Cc2cc(Br)c(O[C@@H](C)C(=O)O)c(Br)c2)cc1C(C)C. The maximum absolute atomic E-state index is 13.7. The van der Waals surface area contributed by atoms with Gasteiger partial charge in [0.15, 0.2) is 11.9 Å². The molecule has 1 aromatic heterocycles. The Labute approximate surface area is 248 Å². The normalized spacial score (nSPS) is 12.3. The fourth-order valence-electron chi connectivity index (χ4n) is 4.19. The Morgan fingerprint density at radius 3 is 2.42 bits per heavy atom. The van der Waals surface area contributed by atoms with Gasteiger partial charge in [-0.2, -0.15) is 9.78 Å². The highest BCUT2D eigenvalue weighted by atomic mass is 79.9. The van der Waals surface area contributed by atoms with E-state index >= 15 is 0 Å². The van der Waals surface area contributed by atoms with Crippen LogP contribution in [0.3, 0.4) is 0 Å². The molecule has 0 saturated carbocycles. The van der Waals surface area contributed by atoms with E-state index in [0.29, 0.717) is 43.6 Å². The van der Waals surface area contributed by atoms with Crippen molar-refractivity contribution in [2.75, 3.05) is 6.61 Å². The second-order valence-corrected chi connectivity index (χ2v) is 11.2. The number of fused-ring (bicyclic) bond motifs is 1. The molecule has 1 N–H and O–H groups in total. The smallest absolute Gasteiger partial charge is 0.344 e. The molecule has 40 heavy (non-hydrogen) atoms. The van der Waals surface area contributed by atoms with Crippen molar-refractivity contribution >= 4 is 54.9 Å². The Kier molecular flexibility index (Phi) is 9.10. The van der Waals surface area contributed by atoms with Crippen LogP contribution in [0.5, 0.6) is 11.5 Å². The minimum atomic E-state index is -1.08. The Morgan fingerprint density at radius 2 is 1.80 bits per heavy atom. The van der Waals surface area contributed by atoms with Crippen LogP contribution in [-0.4, -0.2) is 39.7 Å². The van der Waals surface area contributed by atoms with Gasteiger partial charge in [0.2, 0.25) is 0 Å². The number of aromatic nitrogens is 2. The minimum absolute atomic E-state index is 0.185. The molecule has 0 aliphatic carbocycles. The summed E-state index contributed by atoms with van der Waals surface area (Å²) in [6.45, 7) is 10.1. The number of benzene rings is 3. The molecule has 0 bridgehead atoms. The first kappa shape index (κ1) is 29.5. The van der Waals surface area contributed by atoms with Crippen molar-refractivity contribution in [3.05, 3.63) is 84.5 Å². The van der Waals surface area contributed by atoms with Crippen LogP contribution in [0.25, 0.3) is 22.3 Å². The molecule has 0 unspecified atom stereocenters. The molecule has 0 saturated heterocycles. The van der Waals surface area contributed by atoms with E-state index in [0.717, 1.165) is 22.4 Å². The second kappa shape index (κ2) is 12.3. The Hall–Kier alpha value is -3.50. The van der Waals surface area contributed by atoms with E-state index in [1.54, 1.807) is 30.5 Å². The number of aryl methyl sites for hydroxylation is 1. The Morgan fingerprint density at radius 1 is 1.12 bits per heavy atom. The van der Waals surface area contributed by atoms with E-state index in [9.17, 15) is 14.7 Å². The summed E-state index contributed by atoms with van der Waals surface area (Å²) in [7, 11) is 0. The first-order valence-electron chi connectivity index (χ1n) is 12.7. The van der Waals surface area contributed by atoms with E-state index < -0.39 is 12.1 Å². The zero-order valence-electron chi connectivity index (χ0n) is 22.7. The van der Waals surface area contributed by atoms with Crippen molar-refractivity contribution in [1.29, 1.82) is 0 Å². The van der Waals surface area contributed by atoms with Gasteiger partial charge in [0.25, 0.3) is 5.56 Å². The molecule has 10 heteroatoms. The third kappa shape index (κ3) is 6.13. The molecule has 0 aliphatic heterocycles. The number of carboxylic acids is 1. The van der Waals surface area contributed by atoms with Crippen LogP contribution in [0.15, 0.2) is 67.4 Å². The molecule has 4 rings (SSSR count). The number of rotatable bonds is 9. The quantitative estimate of drug-likeness (QED) is 0.190. The third-order valence-corrected chi connectivity index (χ3v) is 7.44. The van der Waals surface area contributed by atoms with Crippen LogP contribution < -0.4 is 15.0 Å². The lowest BCUT2D eigenvalue weighted by Gasteiger charge is -2.18. The standard InChI is InChI=1S/C30H29Br2N3O5/c1-6-39-26-11-17(4)22(14-21(26)16(2)3)28-34-25-10-8-7-9-20(25)29(36)35(28)33-15-19-12-23(31)27(24(32)13-19)40-18(5)30(37)38/h7-16,18H,6H2,1-5H3,(H,37,38)/t18-/m0/s1. The molecular formula is C30H29Br2N3O5. The molecule has 1 atom stereocenters. The maximum Gasteiger partial charge on any atom is 0.344 e. The first-order valence-corrected chi connectivity index (χ1v) is 14.3. The number of ether oxygens (including phenoxy) is 2. The summed E-state index contributed by atoms with van der Waals surface area (Å²) in [6.07, 6.45) is 0.513. The molecule has 4 aromatic rings. The largest absolute Gasteiger partial charge is 0.494 e. The van der Waals surface area contributed by atoms with E-state index in [1.165, 1.54) is 11.6 Å². The van der Waals surface area contributed by atoms with Gasteiger partial charge < -0.3 is 14.6 Å². The van der Waals surface area contributed by atoms with Crippen molar-refractivity contribution in [3.8, 4) is 22.9 Å². The topological polar surface area (TPSA) is 103 Å². The summed E-state index contributed by atoms with van der Waals surface area (Å²) >= 11 is 6.90. The third-order valence-electron chi connectivity index (χ3n) is 6.26. The van der Waals surface area contributed by atoms with Crippen molar-refractivity contribution in [1.82, 2.24) is 9.66 Å². The lowest BCUT2D eigenvalue weighted by atomic mass is 9.96. The molecule has 0 fully saturated rings. The van der Waals surface area contributed by atoms with Gasteiger partial charge in [0.05, 0.1) is 32.7 Å². The van der Waals surface area contributed by atoms with Crippen molar-refractivity contribution in [2.45, 2.75) is 46.6 Å². The fourth-order valence-corrected chi connectivity index (χ4v) is 5.60. The van der Waals surface area contributed by atoms with Gasteiger partial charge in [0, 0.05) is 5.56 Å². The van der Waals surface area contributed by atoms with Gasteiger partial charge in [-0.3, -0.25) is 4.79 Å². The zero-order valence-corrected chi connectivity index (χ0v) is 25.9. The van der Waals surface area contributed by atoms with Crippen LogP contribution in [-0.2, 0) is 4.79 Å². The summed E-state index contributed by atoms with van der Waals surface area (Å²) in [5, 5.41) is 14.2. The van der Waals surface area contributed by atoms with Crippen LogP contribution in [0.1, 0.15) is 50.3 Å². The molecular weight excluding hydrogens is 642 g/mol. The first-order chi connectivity index (χ1) is 19.0. The van der Waals surface area contributed by atoms with Gasteiger partial charge >= 0.3 is 5.97 Å². The lowest BCUT2D eigenvalue weighted by molar-refractivity contribution is -0.144. The number of hydrogen-bond donors (Lipinski definition) is 1. The zero-order chi connectivity index (χ0) is 29.1. The van der Waals surface area contributed by atoms with E-state index in [-0.39, 0.29) is 11.5 Å². The van der Waals surface area contributed by atoms with Gasteiger partial charge in [0.1, 0.15) is 11.5 Å². The average Bonchev–Trinajstić information content (AvgIpc) is 2.90. The molecule has 0 spiro atoms. The minimum Gasteiger partial charge on any atom is -0.494 e. The van der Waals surface area contributed by atoms with E-state index in [1.807, 2.05) is 38.1 Å². The van der Waals surface area contributed by atoms with Crippen molar-refractivity contribution in [2.24, 2.45) is 5.10 Å². The van der Waals surface area contributed by atoms with Gasteiger partial charge in [-0.1, -0.05) is 26.0 Å². The predicted molar refractivity (Wildman–Crippen MR) is 164 cm³/mol. The molecule has 3 aromatic carbocycles. The van der Waals surface area contributed by atoms with Gasteiger partial charge in [-0.05, 0) is 112 Å². The van der Waals surface area contributed by atoms with Crippen molar-refractivity contribution in [3.63, 3.8) is 0 Å². The summed E-state index contributed by atoms with van der Waals surface area (Å²) in [5.41, 5.74) is 3.61. The Bertz CT molecular complexity index is 1660. The molecule has 0 aliphatic rings. The number of halogens is 2. The maximum atomic E-state index is 13.7. The Balaban J connectivity index is 1.88. The highest BCUT2D eigenvalue weighted by Gasteiger charge is 2.20. The summed E-state index contributed by atoms with van der Waals surface area (Å²) in [5.74, 6) is 0.681. The highest BCUT2D eigenvalue weighted by Crippen LogP contribution is 2.36.